The van der Waals surface area contributed by atoms with Gasteiger partial charge in [-0.3, -0.25) is 4.90 Å². The Morgan fingerprint density at radius 1 is 1.23 bits per heavy atom. The molecule has 31 heavy (non-hydrogen) atoms. The van der Waals surface area contributed by atoms with Gasteiger partial charge in [0.2, 0.25) is 11.9 Å². The molecule has 2 aliphatic rings. The summed E-state index contributed by atoms with van der Waals surface area (Å²) >= 11 is 0. The van der Waals surface area contributed by atoms with Gasteiger partial charge in [-0.1, -0.05) is 30.7 Å². The van der Waals surface area contributed by atoms with Crippen LogP contribution < -0.4 is 11.1 Å². The summed E-state index contributed by atoms with van der Waals surface area (Å²) in [6.45, 7) is 2.70. The molecular weight excluding hydrogens is 420 g/mol. The van der Waals surface area contributed by atoms with Crippen LogP contribution in [-0.2, 0) is 37.9 Å². The van der Waals surface area contributed by atoms with Crippen molar-refractivity contribution in [1.82, 2.24) is 19.7 Å². The van der Waals surface area contributed by atoms with Gasteiger partial charge in [0.1, 0.15) is 5.72 Å². The monoisotopic (exact) mass is 450 g/mol. The fraction of sp³-hybridized carbons (Fsp3) is 0.600. The van der Waals surface area contributed by atoms with Crippen LogP contribution in [0.4, 0.5) is 11.9 Å². The first-order chi connectivity index (χ1) is 14.9. The largest absolute Gasteiger partial charge is 0.366 e. The maximum Gasteiger partial charge on any atom is 0.266 e. The van der Waals surface area contributed by atoms with Crippen LogP contribution in [0.3, 0.4) is 0 Å². The van der Waals surface area contributed by atoms with Gasteiger partial charge in [0.05, 0.1) is 12.9 Å². The minimum absolute atomic E-state index is 0.0371. The normalized spacial score (nSPS) is 21.8. The van der Waals surface area contributed by atoms with Gasteiger partial charge in [0.15, 0.2) is 6.73 Å². The molecule has 0 saturated carbocycles. The van der Waals surface area contributed by atoms with E-state index in [0.29, 0.717) is 19.1 Å². The number of nitrogens with one attached hydrogen (secondary N) is 1. The van der Waals surface area contributed by atoms with Gasteiger partial charge >= 0.3 is 0 Å². The van der Waals surface area contributed by atoms with Crippen LogP contribution in [0.25, 0.3) is 0 Å². The lowest BCUT2D eigenvalue weighted by Crippen LogP contribution is -2.49. The summed E-state index contributed by atoms with van der Waals surface area (Å²) in [5.74, 6) is 0.374. The highest BCUT2D eigenvalue weighted by Gasteiger charge is 2.44. The van der Waals surface area contributed by atoms with Gasteiger partial charge in [0, 0.05) is 25.2 Å². The van der Waals surface area contributed by atoms with E-state index in [2.05, 4.69) is 44.6 Å². The Morgan fingerprint density at radius 2 is 2.00 bits per heavy atom. The van der Waals surface area contributed by atoms with Crippen molar-refractivity contribution in [1.29, 1.82) is 0 Å². The first-order valence-corrected chi connectivity index (χ1v) is 12.4. The van der Waals surface area contributed by atoms with Gasteiger partial charge in [-0.15, -0.1) is 5.10 Å². The van der Waals surface area contributed by atoms with E-state index in [0.717, 1.165) is 32.2 Å². The molecule has 0 spiro atoms. The number of hydrogen-bond donors (Lipinski definition) is 2. The maximum absolute atomic E-state index is 11.3. The van der Waals surface area contributed by atoms with Crippen molar-refractivity contribution in [3.8, 4) is 0 Å². The summed E-state index contributed by atoms with van der Waals surface area (Å²) in [5.41, 5.74) is 7.89. The molecule has 11 heteroatoms. The molecular formula is C20H30N6O4S. The lowest BCUT2D eigenvalue weighted by molar-refractivity contribution is -0.166. The Labute approximate surface area is 182 Å². The van der Waals surface area contributed by atoms with E-state index in [9.17, 15) is 8.42 Å². The number of nitrogen functional groups attached to an aromatic ring is 1. The molecule has 3 N–H and O–H groups in total. The zero-order valence-electron chi connectivity index (χ0n) is 17.8. The van der Waals surface area contributed by atoms with E-state index in [1.54, 1.807) is 0 Å². The molecule has 1 atom stereocenters. The average molecular weight is 451 g/mol. The molecule has 10 nitrogen and oxygen atoms in total. The molecule has 1 aromatic carbocycles. The number of rotatable bonds is 9. The Bertz CT molecular complexity index is 1000. The number of anilines is 2. The number of ether oxygens (including phenoxy) is 1. The number of nitrogens with two attached hydrogens (primary N) is 1. The van der Waals surface area contributed by atoms with Crippen molar-refractivity contribution in [2.75, 3.05) is 43.5 Å². The highest BCUT2D eigenvalue weighted by Crippen LogP contribution is 2.43. The fourth-order valence-corrected chi connectivity index (χ4v) is 4.78. The molecule has 2 heterocycles. The van der Waals surface area contributed by atoms with Crippen LogP contribution in [0, 0.1) is 0 Å². The highest BCUT2D eigenvalue weighted by molar-refractivity contribution is 7.85. The third-order valence-electron chi connectivity index (χ3n) is 5.84. The molecule has 4 rings (SSSR count). The molecule has 0 bridgehead atoms. The van der Waals surface area contributed by atoms with E-state index in [1.165, 1.54) is 35.1 Å². The molecule has 1 saturated heterocycles. The van der Waals surface area contributed by atoms with Crippen LogP contribution in [0.2, 0.25) is 0 Å². The summed E-state index contributed by atoms with van der Waals surface area (Å²) in [5, 5.41) is 7.10. The molecule has 0 amide bonds. The topological polar surface area (TPSA) is 125 Å². The van der Waals surface area contributed by atoms with Crippen LogP contribution in [0.15, 0.2) is 24.3 Å². The molecule has 0 radical (unpaired) electrons. The minimum atomic E-state index is -3.60. The summed E-state index contributed by atoms with van der Waals surface area (Å²) in [4.78, 5) is 6.59. The predicted molar refractivity (Wildman–Crippen MR) is 117 cm³/mol. The number of aryl methyl sites for hydroxylation is 1. The third kappa shape index (κ3) is 5.00. The van der Waals surface area contributed by atoms with Crippen LogP contribution in [0.5, 0.6) is 0 Å². The van der Waals surface area contributed by atoms with E-state index in [1.807, 2.05) is 0 Å². The van der Waals surface area contributed by atoms with Crippen molar-refractivity contribution in [3.05, 3.63) is 35.4 Å². The average Bonchev–Trinajstić information content (AvgIpc) is 3.31. The molecule has 1 aliphatic heterocycles. The van der Waals surface area contributed by atoms with Crippen molar-refractivity contribution >= 4 is 22.0 Å². The van der Waals surface area contributed by atoms with Crippen molar-refractivity contribution < 1.29 is 17.3 Å². The van der Waals surface area contributed by atoms with E-state index in [-0.39, 0.29) is 12.7 Å². The number of piperidine rings is 1. The highest BCUT2D eigenvalue weighted by atomic mass is 32.2. The molecule has 1 unspecified atom stereocenters. The summed E-state index contributed by atoms with van der Waals surface area (Å²) in [6.07, 6.45) is 6.57. The number of nitrogens with zero attached hydrogens (tertiary/aromatic N) is 4. The maximum atomic E-state index is 11.3. The lowest BCUT2D eigenvalue weighted by Gasteiger charge is -2.44. The second kappa shape index (κ2) is 9.11. The summed E-state index contributed by atoms with van der Waals surface area (Å²) < 4.78 is 35.2. The smallest absolute Gasteiger partial charge is 0.266 e. The number of benzene rings is 1. The Kier molecular flexibility index (Phi) is 6.47. The van der Waals surface area contributed by atoms with Crippen molar-refractivity contribution in [2.45, 2.75) is 44.6 Å². The van der Waals surface area contributed by atoms with Gasteiger partial charge < -0.3 is 15.8 Å². The summed E-state index contributed by atoms with van der Waals surface area (Å²) in [6, 6.07) is 8.54. The van der Waals surface area contributed by atoms with Crippen molar-refractivity contribution in [2.24, 2.45) is 0 Å². The number of fused-ring (bicyclic) bond motifs is 1. The Hall–Kier alpha value is -2.21. The van der Waals surface area contributed by atoms with Gasteiger partial charge in [0.25, 0.3) is 10.1 Å². The Morgan fingerprint density at radius 3 is 2.77 bits per heavy atom. The third-order valence-corrected chi connectivity index (χ3v) is 6.38. The Balaban J connectivity index is 1.42. The predicted octanol–water partition coefficient (Wildman–Crippen LogP) is 1.51. The molecule has 170 valence electrons. The second-order valence-corrected chi connectivity index (χ2v) is 9.65. The zero-order chi connectivity index (χ0) is 21.9. The lowest BCUT2D eigenvalue weighted by atomic mass is 9.99. The fourth-order valence-electron chi connectivity index (χ4n) is 4.49. The molecule has 1 aromatic heterocycles. The zero-order valence-corrected chi connectivity index (χ0v) is 18.6. The molecule has 2 aromatic rings. The number of hydrogen-bond acceptors (Lipinski definition) is 9. The first-order valence-electron chi connectivity index (χ1n) is 10.6. The van der Waals surface area contributed by atoms with Crippen LogP contribution >= 0.6 is 0 Å². The number of likely N-dealkylation sites (tertiary alicyclic amines) is 1. The van der Waals surface area contributed by atoms with Crippen LogP contribution in [0.1, 0.15) is 36.8 Å². The van der Waals surface area contributed by atoms with Crippen molar-refractivity contribution in [3.63, 3.8) is 0 Å². The van der Waals surface area contributed by atoms with Gasteiger partial charge in [-0.2, -0.15) is 13.4 Å². The van der Waals surface area contributed by atoms with Gasteiger partial charge in [-0.25, -0.2) is 8.86 Å². The minimum Gasteiger partial charge on any atom is -0.366 e. The van der Waals surface area contributed by atoms with E-state index < -0.39 is 15.8 Å². The summed E-state index contributed by atoms with van der Waals surface area (Å²) in [7, 11) is -3.60. The molecule has 1 fully saturated rings. The number of aromatic nitrogens is 3. The first kappa shape index (κ1) is 22.0. The SMILES string of the molecule is CS(=O)(=O)OCn1nc(N)nc1NCCOC1(N2CCCCC2)CCc2ccccc21. The van der Waals surface area contributed by atoms with E-state index >= 15 is 0 Å². The van der Waals surface area contributed by atoms with Crippen LogP contribution in [-0.4, -0.2) is 60.6 Å². The second-order valence-electron chi connectivity index (χ2n) is 8.01. The standard InChI is InChI=1S/C20H30N6O4S/c1-31(27,28)30-15-26-19(23-18(21)24-26)22-11-14-29-20(25-12-5-2-6-13-25)10-9-16-7-3-4-8-17(16)20/h3-4,7-8H,2,5-6,9-15H2,1H3,(H3,21,22,23,24). The van der Waals surface area contributed by atoms with Gasteiger partial charge in [-0.05, 0) is 31.2 Å². The molecule has 1 aliphatic carbocycles. The quantitative estimate of drug-likeness (QED) is 0.432. The van der Waals surface area contributed by atoms with E-state index in [4.69, 9.17) is 14.7 Å².